The Kier molecular flexibility index (Phi) is 4.01. The maximum Gasteiger partial charge on any atom is 0.307 e. The summed E-state index contributed by atoms with van der Waals surface area (Å²) in [6, 6.07) is 9.41. The number of allylic oxidation sites excluding steroid dienone is 1. The number of likely N-dealkylation sites (N-methyl/N-ethyl adjacent to an activating group) is 1. The third-order valence-corrected chi connectivity index (χ3v) is 4.37. The lowest BCUT2D eigenvalue weighted by Crippen LogP contribution is -2.42. The van der Waals surface area contributed by atoms with E-state index in [1.807, 2.05) is 6.07 Å². The predicted octanol–water partition coefficient (Wildman–Crippen LogP) is 3.68. The van der Waals surface area contributed by atoms with Crippen molar-refractivity contribution < 1.29 is 9.21 Å². The summed E-state index contributed by atoms with van der Waals surface area (Å²) in [5.41, 5.74) is 6.98. The monoisotopic (exact) mass is 323 g/mol. The summed E-state index contributed by atoms with van der Waals surface area (Å²) in [6.07, 6.45) is 5.35. The first-order valence-corrected chi connectivity index (χ1v) is 7.83. The molecule has 0 bridgehead atoms. The largest absolute Gasteiger partial charge is 0.459 e. The highest BCUT2D eigenvalue weighted by Crippen LogP contribution is 2.37. The van der Waals surface area contributed by atoms with Crippen molar-refractivity contribution in [2.45, 2.75) is 26.3 Å². The molecule has 1 aromatic heterocycles. The van der Waals surface area contributed by atoms with Crippen molar-refractivity contribution in [1.29, 1.82) is 0 Å². The van der Waals surface area contributed by atoms with Gasteiger partial charge in [0.05, 0.1) is 18.0 Å². The van der Waals surface area contributed by atoms with Crippen molar-refractivity contribution in [3.63, 3.8) is 0 Å². The topological polar surface area (TPSA) is 57.8 Å². The highest BCUT2D eigenvalue weighted by atomic mass is 16.3. The third kappa shape index (κ3) is 2.97. The molecule has 1 N–H and O–H groups in total. The van der Waals surface area contributed by atoms with Crippen molar-refractivity contribution in [2.24, 2.45) is 5.10 Å². The van der Waals surface area contributed by atoms with E-state index >= 15 is 0 Å². The summed E-state index contributed by atoms with van der Waals surface area (Å²) < 4.78 is 5.02. The van der Waals surface area contributed by atoms with E-state index in [0.717, 1.165) is 5.56 Å². The molecule has 0 radical (unpaired) electrons. The average Bonchev–Trinajstić information content (AvgIpc) is 3.07. The molecule has 0 aliphatic carbocycles. The van der Waals surface area contributed by atoms with Gasteiger partial charge in [0.25, 0.3) is 0 Å². The maximum absolute atomic E-state index is 11.8. The van der Waals surface area contributed by atoms with Crippen LogP contribution < -0.4 is 10.3 Å². The fourth-order valence-corrected chi connectivity index (χ4v) is 2.89. The minimum Gasteiger partial charge on any atom is -0.459 e. The Morgan fingerprint density at radius 3 is 2.83 bits per heavy atom. The summed E-state index contributed by atoms with van der Waals surface area (Å²) in [5.74, 6) is -0.132. The highest BCUT2D eigenvalue weighted by molar-refractivity contribution is 5.93. The predicted molar refractivity (Wildman–Crippen MR) is 96.3 cm³/mol. The van der Waals surface area contributed by atoms with Gasteiger partial charge >= 0.3 is 5.91 Å². The molecule has 2 heterocycles. The van der Waals surface area contributed by atoms with Crippen LogP contribution in [0.4, 0.5) is 5.69 Å². The first-order chi connectivity index (χ1) is 11.4. The summed E-state index contributed by atoms with van der Waals surface area (Å²) in [5, 5.41) is 4.00. The molecule has 3 rings (SSSR count). The summed E-state index contributed by atoms with van der Waals surface area (Å²) >= 11 is 0. The molecule has 1 aromatic carbocycles. The number of furan rings is 1. The van der Waals surface area contributed by atoms with Crippen molar-refractivity contribution in [3.8, 4) is 0 Å². The van der Waals surface area contributed by atoms with Crippen LogP contribution in [0.2, 0.25) is 0 Å². The standard InChI is InChI=1S/C19H21N3O2/c1-13-11-19(2,3)22(4)16-8-7-14(10-15(13)16)12-20-21-18(23)17-6-5-9-24-17/h5-12H,1-4H3,(H,21,23)/b20-12+. The zero-order valence-electron chi connectivity index (χ0n) is 14.3. The van der Waals surface area contributed by atoms with Crippen LogP contribution in [0.5, 0.6) is 0 Å². The molecule has 0 fully saturated rings. The first kappa shape index (κ1) is 16.1. The quantitative estimate of drug-likeness (QED) is 0.692. The number of fused-ring (bicyclic) bond motifs is 1. The van der Waals surface area contributed by atoms with E-state index in [1.165, 1.54) is 23.1 Å². The fourth-order valence-electron chi connectivity index (χ4n) is 2.89. The van der Waals surface area contributed by atoms with E-state index in [2.05, 4.69) is 61.5 Å². The number of benzene rings is 1. The molecule has 5 nitrogen and oxygen atoms in total. The van der Waals surface area contributed by atoms with Crippen molar-refractivity contribution in [1.82, 2.24) is 5.43 Å². The molecule has 0 saturated carbocycles. The van der Waals surface area contributed by atoms with E-state index < -0.39 is 0 Å². The molecular weight excluding hydrogens is 302 g/mol. The Labute approximate surface area is 141 Å². The van der Waals surface area contributed by atoms with Crippen molar-refractivity contribution in [3.05, 3.63) is 59.6 Å². The molecule has 24 heavy (non-hydrogen) atoms. The number of hydrazone groups is 1. The highest BCUT2D eigenvalue weighted by Gasteiger charge is 2.28. The second-order valence-corrected chi connectivity index (χ2v) is 6.49. The van der Waals surface area contributed by atoms with Crippen LogP contribution in [-0.2, 0) is 0 Å². The van der Waals surface area contributed by atoms with Gasteiger partial charge in [0, 0.05) is 18.3 Å². The van der Waals surface area contributed by atoms with Crippen LogP contribution >= 0.6 is 0 Å². The van der Waals surface area contributed by atoms with E-state index in [1.54, 1.807) is 18.3 Å². The number of carbonyl (C=O) groups is 1. The van der Waals surface area contributed by atoms with Gasteiger partial charge in [0.15, 0.2) is 5.76 Å². The lowest BCUT2D eigenvalue weighted by Gasteiger charge is -2.40. The van der Waals surface area contributed by atoms with Crippen LogP contribution in [0.3, 0.4) is 0 Å². The Balaban J connectivity index is 1.78. The molecule has 124 valence electrons. The second kappa shape index (κ2) is 6.00. The van der Waals surface area contributed by atoms with Crippen LogP contribution in [0, 0.1) is 0 Å². The fraction of sp³-hybridized carbons (Fsp3) is 0.263. The first-order valence-electron chi connectivity index (χ1n) is 7.83. The van der Waals surface area contributed by atoms with Crippen LogP contribution in [0.25, 0.3) is 5.57 Å². The number of amides is 1. The van der Waals surface area contributed by atoms with Crippen LogP contribution in [0.1, 0.15) is 42.5 Å². The number of nitrogens with one attached hydrogen (secondary N) is 1. The van der Waals surface area contributed by atoms with Gasteiger partial charge in [0.2, 0.25) is 0 Å². The Morgan fingerprint density at radius 1 is 1.33 bits per heavy atom. The minimum absolute atomic E-state index is 0.0102. The SMILES string of the molecule is CC1=CC(C)(C)N(C)c2ccc(/C=N/NC(=O)c3ccco3)cc21. The zero-order chi connectivity index (χ0) is 17.3. The van der Waals surface area contributed by atoms with Gasteiger partial charge < -0.3 is 9.32 Å². The smallest absolute Gasteiger partial charge is 0.307 e. The molecule has 2 aromatic rings. The number of hydrogen-bond donors (Lipinski definition) is 1. The Hall–Kier alpha value is -2.82. The average molecular weight is 323 g/mol. The van der Waals surface area contributed by atoms with Gasteiger partial charge in [0.1, 0.15) is 0 Å². The number of nitrogens with zero attached hydrogens (tertiary/aromatic N) is 2. The molecule has 0 saturated heterocycles. The zero-order valence-corrected chi connectivity index (χ0v) is 14.3. The van der Waals surface area contributed by atoms with E-state index in [4.69, 9.17) is 4.42 Å². The number of hydrogen-bond acceptors (Lipinski definition) is 4. The van der Waals surface area contributed by atoms with Crippen LogP contribution in [-0.4, -0.2) is 24.7 Å². The molecule has 0 spiro atoms. The van der Waals surface area contributed by atoms with Crippen LogP contribution in [0.15, 0.2) is 52.2 Å². The number of carbonyl (C=O) groups excluding carboxylic acids is 1. The molecule has 1 aliphatic heterocycles. The Morgan fingerprint density at radius 2 is 2.12 bits per heavy atom. The molecule has 1 aliphatic rings. The van der Waals surface area contributed by atoms with Crippen molar-refractivity contribution >= 4 is 23.4 Å². The maximum atomic E-state index is 11.8. The summed E-state index contributed by atoms with van der Waals surface area (Å²) in [6.45, 7) is 6.51. The van der Waals surface area contributed by atoms with E-state index in [-0.39, 0.29) is 17.2 Å². The lowest BCUT2D eigenvalue weighted by atomic mass is 9.89. The second-order valence-electron chi connectivity index (χ2n) is 6.49. The molecule has 0 unspecified atom stereocenters. The lowest BCUT2D eigenvalue weighted by molar-refractivity contribution is 0.0927. The normalized spacial score (nSPS) is 16.0. The molecular formula is C19H21N3O2. The van der Waals surface area contributed by atoms with Gasteiger partial charge in [-0.25, -0.2) is 5.43 Å². The van der Waals surface area contributed by atoms with Gasteiger partial charge in [-0.1, -0.05) is 12.1 Å². The van der Waals surface area contributed by atoms with Gasteiger partial charge in [-0.2, -0.15) is 5.10 Å². The van der Waals surface area contributed by atoms with Gasteiger partial charge in [-0.05, 0) is 56.2 Å². The van der Waals surface area contributed by atoms with E-state index in [9.17, 15) is 4.79 Å². The minimum atomic E-state index is -0.369. The number of anilines is 1. The third-order valence-electron chi connectivity index (χ3n) is 4.37. The van der Waals surface area contributed by atoms with Crippen molar-refractivity contribution in [2.75, 3.05) is 11.9 Å². The Bertz CT molecular complexity index is 817. The van der Waals surface area contributed by atoms with Gasteiger partial charge in [-0.15, -0.1) is 0 Å². The van der Waals surface area contributed by atoms with E-state index in [0.29, 0.717) is 0 Å². The number of rotatable bonds is 3. The molecule has 1 amide bonds. The molecule has 5 heteroatoms. The van der Waals surface area contributed by atoms with Gasteiger partial charge in [-0.3, -0.25) is 4.79 Å². The summed E-state index contributed by atoms with van der Waals surface area (Å²) in [7, 11) is 2.10. The summed E-state index contributed by atoms with van der Waals surface area (Å²) in [4.78, 5) is 14.0. The molecule has 0 atom stereocenters.